The van der Waals surface area contributed by atoms with Crippen molar-refractivity contribution >= 4 is 23.0 Å². The Morgan fingerprint density at radius 2 is 1.92 bits per heavy atom. The van der Waals surface area contributed by atoms with Gasteiger partial charge in [-0.1, -0.05) is 23.7 Å². The number of likely N-dealkylation sites (tertiary alicyclic amines) is 1. The Morgan fingerprint density at radius 1 is 1.16 bits per heavy atom. The van der Waals surface area contributed by atoms with Crippen molar-refractivity contribution in [2.75, 3.05) is 19.6 Å². The molecule has 0 spiro atoms. The minimum atomic E-state index is -0.623. The molecule has 4 aromatic rings. The maximum Gasteiger partial charge on any atom is 0.275 e. The van der Waals surface area contributed by atoms with Crippen molar-refractivity contribution in [1.82, 2.24) is 24.8 Å². The third kappa shape index (κ3) is 4.65. The van der Waals surface area contributed by atoms with Crippen LogP contribution in [0.4, 0.5) is 8.78 Å². The number of rotatable bonds is 7. The van der Waals surface area contributed by atoms with Gasteiger partial charge in [-0.2, -0.15) is 0 Å². The highest BCUT2D eigenvalue weighted by molar-refractivity contribution is 6.30. The quantitative estimate of drug-likeness (QED) is 0.369. The molecule has 2 aliphatic rings. The molecule has 6 rings (SSSR count). The lowest BCUT2D eigenvalue weighted by Gasteiger charge is -2.34. The van der Waals surface area contributed by atoms with E-state index < -0.39 is 11.4 Å². The van der Waals surface area contributed by atoms with Crippen molar-refractivity contribution in [3.63, 3.8) is 0 Å². The van der Waals surface area contributed by atoms with Crippen molar-refractivity contribution < 1.29 is 13.6 Å². The van der Waals surface area contributed by atoms with Crippen molar-refractivity contribution in [1.29, 1.82) is 0 Å². The highest BCUT2D eigenvalue weighted by Crippen LogP contribution is 2.43. The zero-order chi connectivity index (χ0) is 25.7. The Bertz CT molecular complexity index is 1560. The van der Waals surface area contributed by atoms with Gasteiger partial charge in [0, 0.05) is 23.9 Å². The number of carbonyl (C=O) groups is 1. The summed E-state index contributed by atoms with van der Waals surface area (Å²) in [7, 11) is 0. The summed E-state index contributed by atoms with van der Waals surface area (Å²) in [6.45, 7) is 2.50. The Kier molecular flexibility index (Phi) is 6.04. The Labute approximate surface area is 216 Å². The molecule has 190 valence electrons. The third-order valence-corrected chi connectivity index (χ3v) is 7.38. The van der Waals surface area contributed by atoms with E-state index in [1.165, 1.54) is 28.8 Å². The summed E-state index contributed by atoms with van der Waals surface area (Å²) in [5.41, 5.74) is 2.13. The standard InChI is InChI=1S/C27H24ClF2N5O2/c28-20-9-6-17(12-21(20)30)25-32-27(37)24-23(16-2-3-16)19(13-35(24)33-25)26(36)31-22(14-34-10-1-11-34)15-4-7-18(29)8-5-15/h4-9,12-13,16,22H,1-3,10-11,14H2,(H,31,36)(H,32,33,37). The summed E-state index contributed by atoms with van der Waals surface area (Å²) in [5.74, 6) is -1.02. The number of fused-ring (bicyclic) bond motifs is 1. The average molecular weight is 524 g/mol. The predicted octanol–water partition coefficient (Wildman–Crippen LogP) is 4.68. The van der Waals surface area contributed by atoms with Crippen molar-refractivity contribution in [3.05, 3.63) is 92.4 Å². The molecule has 1 aliphatic heterocycles. The van der Waals surface area contributed by atoms with Crippen LogP contribution in [0, 0.1) is 11.6 Å². The monoisotopic (exact) mass is 523 g/mol. The van der Waals surface area contributed by atoms with Gasteiger partial charge in [0.2, 0.25) is 0 Å². The summed E-state index contributed by atoms with van der Waals surface area (Å²) in [6, 6.07) is 9.96. The molecule has 2 N–H and O–H groups in total. The van der Waals surface area contributed by atoms with E-state index in [0.717, 1.165) is 37.9 Å². The summed E-state index contributed by atoms with van der Waals surface area (Å²) < 4.78 is 29.0. The first-order valence-electron chi connectivity index (χ1n) is 12.3. The normalized spacial score (nSPS) is 16.5. The fourth-order valence-electron chi connectivity index (χ4n) is 4.84. The van der Waals surface area contributed by atoms with Gasteiger partial charge in [-0.25, -0.2) is 13.3 Å². The lowest BCUT2D eigenvalue weighted by molar-refractivity contribution is 0.0906. The molecule has 1 saturated heterocycles. The first-order valence-corrected chi connectivity index (χ1v) is 12.6. The van der Waals surface area contributed by atoms with Crippen LogP contribution in [0.3, 0.4) is 0 Å². The molecule has 1 amide bonds. The molecular formula is C27H24ClF2N5O2. The number of hydrogen-bond donors (Lipinski definition) is 2. The smallest absolute Gasteiger partial charge is 0.275 e. The zero-order valence-electron chi connectivity index (χ0n) is 19.8. The van der Waals surface area contributed by atoms with E-state index in [-0.39, 0.29) is 34.5 Å². The largest absolute Gasteiger partial charge is 0.344 e. The van der Waals surface area contributed by atoms with E-state index in [1.54, 1.807) is 24.4 Å². The average Bonchev–Trinajstić information content (AvgIpc) is 3.62. The minimum absolute atomic E-state index is 0.0305. The van der Waals surface area contributed by atoms with Gasteiger partial charge in [-0.15, -0.1) is 5.10 Å². The second kappa shape index (κ2) is 9.39. The number of halogens is 3. The summed E-state index contributed by atoms with van der Waals surface area (Å²) in [5, 5.41) is 7.57. The van der Waals surface area contributed by atoms with Crippen molar-refractivity contribution in [2.45, 2.75) is 31.2 Å². The number of nitrogens with zero attached hydrogens (tertiary/aromatic N) is 3. The van der Waals surface area contributed by atoms with E-state index in [1.807, 2.05) is 0 Å². The molecule has 2 aromatic heterocycles. The van der Waals surface area contributed by atoms with Crippen LogP contribution in [0.15, 0.2) is 53.5 Å². The predicted molar refractivity (Wildman–Crippen MR) is 136 cm³/mol. The Balaban J connectivity index is 1.38. The van der Waals surface area contributed by atoms with Gasteiger partial charge in [0.25, 0.3) is 11.5 Å². The van der Waals surface area contributed by atoms with Crippen LogP contribution in [-0.2, 0) is 0 Å². The van der Waals surface area contributed by atoms with E-state index in [4.69, 9.17) is 11.6 Å². The van der Waals surface area contributed by atoms with Crippen LogP contribution in [0.1, 0.15) is 52.7 Å². The molecule has 2 fully saturated rings. The fraction of sp³-hybridized carbons (Fsp3) is 0.296. The van der Waals surface area contributed by atoms with Gasteiger partial charge in [0.1, 0.15) is 17.2 Å². The second-order valence-electron chi connectivity index (χ2n) is 9.69. The molecule has 10 heteroatoms. The number of nitrogens with one attached hydrogen (secondary N) is 2. The molecule has 7 nitrogen and oxygen atoms in total. The molecule has 1 atom stereocenters. The van der Waals surface area contributed by atoms with E-state index in [2.05, 4.69) is 20.3 Å². The third-order valence-electron chi connectivity index (χ3n) is 7.07. The molecule has 0 radical (unpaired) electrons. The number of aromatic amines is 1. The number of hydrogen-bond acceptors (Lipinski definition) is 4. The van der Waals surface area contributed by atoms with Gasteiger partial charge < -0.3 is 15.2 Å². The highest BCUT2D eigenvalue weighted by Gasteiger charge is 2.34. The fourth-order valence-corrected chi connectivity index (χ4v) is 4.96. The number of benzene rings is 2. The number of aromatic nitrogens is 3. The van der Waals surface area contributed by atoms with Gasteiger partial charge in [0.15, 0.2) is 5.82 Å². The molecule has 37 heavy (non-hydrogen) atoms. The summed E-state index contributed by atoms with van der Waals surface area (Å²) >= 11 is 5.79. The van der Waals surface area contributed by atoms with Crippen LogP contribution in [0.2, 0.25) is 5.02 Å². The molecule has 1 unspecified atom stereocenters. The van der Waals surface area contributed by atoms with Gasteiger partial charge in [-0.05, 0) is 74.2 Å². The van der Waals surface area contributed by atoms with E-state index >= 15 is 0 Å². The van der Waals surface area contributed by atoms with Crippen LogP contribution in [0.25, 0.3) is 16.9 Å². The maximum absolute atomic E-state index is 14.0. The van der Waals surface area contributed by atoms with Crippen molar-refractivity contribution in [3.8, 4) is 11.4 Å². The van der Waals surface area contributed by atoms with Gasteiger partial charge >= 0.3 is 0 Å². The first-order chi connectivity index (χ1) is 17.9. The topological polar surface area (TPSA) is 82.5 Å². The SMILES string of the molecule is O=C(NC(CN1CCC1)c1ccc(F)cc1)c1cn2nc(-c3ccc(Cl)c(F)c3)[nH]c(=O)c2c1C1CC1. The zero-order valence-corrected chi connectivity index (χ0v) is 20.6. The number of carbonyl (C=O) groups excluding carboxylic acids is 1. The van der Waals surface area contributed by atoms with Crippen LogP contribution < -0.4 is 10.9 Å². The second-order valence-corrected chi connectivity index (χ2v) is 10.1. The molecule has 0 bridgehead atoms. The Morgan fingerprint density at radius 3 is 2.57 bits per heavy atom. The van der Waals surface area contributed by atoms with Crippen LogP contribution >= 0.6 is 11.6 Å². The first kappa shape index (κ1) is 23.8. The van der Waals surface area contributed by atoms with Gasteiger partial charge in [-0.3, -0.25) is 9.59 Å². The molecule has 3 heterocycles. The maximum atomic E-state index is 14.0. The van der Waals surface area contributed by atoms with Crippen LogP contribution in [0.5, 0.6) is 0 Å². The molecular weight excluding hydrogens is 500 g/mol. The van der Waals surface area contributed by atoms with Crippen molar-refractivity contribution in [2.24, 2.45) is 0 Å². The lowest BCUT2D eigenvalue weighted by atomic mass is 10.0. The lowest BCUT2D eigenvalue weighted by Crippen LogP contribution is -2.44. The molecule has 2 aromatic carbocycles. The van der Waals surface area contributed by atoms with E-state index in [9.17, 15) is 18.4 Å². The van der Waals surface area contributed by atoms with Gasteiger partial charge in [0.05, 0.1) is 16.6 Å². The molecule has 1 aliphatic carbocycles. The minimum Gasteiger partial charge on any atom is -0.344 e. The summed E-state index contributed by atoms with van der Waals surface area (Å²) in [4.78, 5) is 31.8. The molecule has 1 saturated carbocycles. The van der Waals surface area contributed by atoms with E-state index in [0.29, 0.717) is 28.8 Å². The van der Waals surface area contributed by atoms with Crippen LogP contribution in [-0.4, -0.2) is 45.0 Å². The highest BCUT2D eigenvalue weighted by atomic mass is 35.5. The Hall–Kier alpha value is -3.56. The number of H-pyrrole nitrogens is 1. The number of amides is 1. The summed E-state index contributed by atoms with van der Waals surface area (Å²) in [6.07, 6.45) is 4.42.